The summed E-state index contributed by atoms with van der Waals surface area (Å²) in [6, 6.07) is 13.7. The highest BCUT2D eigenvalue weighted by molar-refractivity contribution is 6.30. The molecule has 2 saturated heterocycles. The topological polar surface area (TPSA) is 42.4 Å². The Balaban J connectivity index is 1.39. The molecule has 0 radical (unpaired) electrons. The van der Waals surface area contributed by atoms with E-state index in [1.807, 2.05) is 53.4 Å². The highest BCUT2D eigenvalue weighted by Gasteiger charge is 2.43. The predicted octanol–water partition coefficient (Wildman–Crippen LogP) is 4.35. The summed E-state index contributed by atoms with van der Waals surface area (Å²) >= 11 is 5.90. The normalized spacial score (nSPS) is 24.8. The lowest BCUT2D eigenvalue weighted by atomic mass is 9.99. The van der Waals surface area contributed by atoms with E-state index in [1.54, 1.807) is 12.3 Å². The molecular formula is C21H21ClN2O2. The Morgan fingerprint density at radius 3 is 2.50 bits per heavy atom. The number of benzene rings is 1. The van der Waals surface area contributed by atoms with Gasteiger partial charge in [-0.15, -0.1) is 0 Å². The number of carbonyl (C=O) groups excluding carboxylic acids is 1. The highest BCUT2D eigenvalue weighted by Crippen LogP contribution is 2.37. The van der Waals surface area contributed by atoms with Crippen LogP contribution >= 0.6 is 11.6 Å². The molecule has 1 aromatic heterocycles. The summed E-state index contributed by atoms with van der Waals surface area (Å²) in [5.41, 5.74) is 0.975. The Morgan fingerprint density at radius 2 is 1.85 bits per heavy atom. The van der Waals surface area contributed by atoms with Crippen molar-refractivity contribution >= 4 is 23.6 Å². The van der Waals surface area contributed by atoms with Crippen molar-refractivity contribution in [3.05, 3.63) is 65.3 Å². The molecule has 0 saturated carbocycles. The molecule has 4 nitrogen and oxygen atoms in total. The van der Waals surface area contributed by atoms with Crippen molar-refractivity contribution in [3.8, 4) is 5.88 Å². The molecule has 2 atom stereocenters. The number of piperidine rings is 1. The Kier molecular flexibility index (Phi) is 4.93. The van der Waals surface area contributed by atoms with Gasteiger partial charge in [-0.25, -0.2) is 4.98 Å². The van der Waals surface area contributed by atoms with Crippen molar-refractivity contribution in [3.63, 3.8) is 0 Å². The molecule has 2 fully saturated rings. The number of amides is 1. The van der Waals surface area contributed by atoms with Crippen molar-refractivity contribution in [1.82, 2.24) is 9.88 Å². The molecular weight excluding hydrogens is 348 g/mol. The van der Waals surface area contributed by atoms with Gasteiger partial charge in [0.05, 0.1) is 0 Å². The second kappa shape index (κ2) is 7.50. The summed E-state index contributed by atoms with van der Waals surface area (Å²) in [5.74, 6) is 0.753. The lowest BCUT2D eigenvalue weighted by Crippen LogP contribution is -2.48. The van der Waals surface area contributed by atoms with E-state index < -0.39 is 0 Å². The molecule has 26 heavy (non-hydrogen) atoms. The molecule has 2 aliphatic rings. The molecule has 0 N–H and O–H groups in total. The number of hydrogen-bond donors (Lipinski definition) is 0. The van der Waals surface area contributed by atoms with Gasteiger partial charge in [0.25, 0.3) is 0 Å². The van der Waals surface area contributed by atoms with E-state index in [0.717, 1.165) is 31.2 Å². The fourth-order valence-corrected chi connectivity index (χ4v) is 4.12. The number of ether oxygens (including phenoxy) is 1. The van der Waals surface area contributed by atoms with E-state index in [4.69, 9.17) is 16.3 Å². The summed E-state index contributed by atoms with van der Waals surface area (Å²) in [6.07, 6.45) is 9.24. The van der Waals surface area contributed by atoms with Crippen LogP contribution in [-0.2, 0) is 4.79 Å². The zero-order valence-electron chi connectivity index (χ0n) is 14.4. The maximum Gasteiger partial charge on any atom is 0.247 e. The van der Waals surface area contributed by atoms with Gasteiger partial charge in [-0.05, 0) is 42.7 Å². The fraction of sp³-hybridized carbons (Fsp3) is 0.333. The van der Waals surface area contributed by atoms with Crippen molar-refractivity contribution in [1.29, 1.82) is 0 Å². The molecule has 1 amide bonds. The molecule has 134 valence electrons. The zero-order chi connectivity index (χ0) is 17.9. The van der Waals surface area contributed by atoms with Gasteiger partial charge in [0.1, 0.15) is 6.10 Å². The van der Waals surface area contributed by atoms with Crippen LogP contribution in [0.1, 0.15) is 31.2 Å². The quantitative estimate of drug-likeness (QED) is 0.753. The Bertz CT molecular complexity index is 777. The Hall–Kier alpha value is -2.33. The van der Waals surface area contributed by atoms with Crippen LogP contribution in [0.25, 0.3) is 6.08 Å². The first-order valence-corrected chi connectivity index (χ1v) is 9.40. The SMILES string of the molecule is O=C(/C=C/c1ccc(Cl)cc1)N1C2CCC1CC(Oc1ccccn1)C2. The third-order valence-corrected chi connectivity index (χ3v) is 5.41. The second-order valence-corrected chi connectivity index (χ2v) is 7.33. The largest absolute Gasteiger partial charge is 0.474 e. The van der Waals surface area contributed by atoms with E-state index in [9.17, 15) is 4.79 Å². The van der Waals surface area contributed by atoms with E-state index in [2.05, 4.69) is 4.98 Å². The lowest BCUT2D eigenvalue weighted by Gasteiger charge is -2.38. The molecule has 5 heteroatoms. The summed E-state index contributed by atoms with van der Waals surface area (Å²) < 4.78 is 6.03. The predicted molar refractivity (Wildman–Crippen MR) is 102 cm³/mol. The summed E-state index contributed by atoms with van der Waals surface area (Å²) in [7, 11) is 0. The van der Waals surface area contributed by atoms with Gasteiger partial charge < -0.3 is 9.64 Å². The Morgan fingerprint density at radius 1 is 1.12 bits per heavy atom. The third-order valence-electron chi connectivity index (χ3n) is 5.16. The Labute approximate surface area is 158 Å². The van der Waals surface area contributed by atoms with Gasteiger partial charge in [0.15, 0.2) is 0 Å². The number of carbonyl (C=O) groups is 1. The third kappa shape index (κ3) is 3.75. The van der Waals surface area contributed by atoms with E-state index in [0.29, 0.717) is 10.9 Å². The van der Waals surface area contributed by atoms with Crippen LogP contribution in [0.4, 0.5) is 0 Å². The number of fused-ring (bicyclic) bond motifs is 2. The minimum Gasteiger partial charge on any atom is -0.474 e. The van der Waals surface area contributed by atoms with Gasteiger partial charge >= 0.3 is 0 Å². The van der Waals surface area contributed by atoms with Crippen molar-refractivity contribution in [2.24, 2.45) is 0 Å². The van der Waals surface area contributed by atoms with Crippen LogP contribution in [0.15, 0.2) is 54.7 Å². The number of aromatic nitrogens is 1. The highest BCUT2D eigenvalue weighted by atomic mass is 35.5. The fourth-order valence-electron chi connectivity index (χ4n) is 4.00. The monoisotopic (exact) mass is 368 g/mol. The number of rotatable bonds is 4. The molecule has 1 aromatic carbocycles. The molecule has 2 bridgehead atoms. The standard InChI is InChI=1S/C21H21ClN2O2/c22-16-7-4-15(5-8-16)6-11-21(25)24-17-9-10-18(24)14-19(13-17)26-20-3-1-2-12-23-20/h1-8,11-12,17-19H,9-10,13-14H2/b11-6+. The van der Waals surface area contributed by atoms with Gasteiger partial charge in [-0.1, -0.05) is 29.8 Å². The number of halogens is 1. The van der Waals surface area contributed by atoms with Crippen molar-refractivity contribution < 1.29 is 9.53 Å². The summed E-state index contributed by atoms with van der Waals surface area (Å²) in [5, 5.41) is 0.696. The molecule has 0 spiro atoms. The van der Waals surface area contributed by atoms with Crippen molar-refractivity contribution in [2.75, 3.05) is 0 Å². The van der Waals surface area contributed by atoms with Crippen LogP contribution < -0.4 is 4.74 Å². The van der Waals surface area contributed by atoms with Crippen LogP contribution in [0.3, 0.4) is 0 Å². The first kappa shape index (κ1) is 17.1. The average Bonchev–Trinajstić information content (AvgIpc) is 2.93. The molecule has 0 aliphatic carbocycles. The minimum absolute atomic E-state index is 0.0868. The summed E-state index contributed by atoms with van der Waals surface area (Å²) in [6.45, 7) is 0. The molecule has 2 unspecified atom stereocenters. The second-order valence-electron chi connectivity index (χ2n) is 6.89. The van der Waals surface area contributed by atoms with Crippen LogP contribution in [0, 0.1) is 0 Å². The van der Waals surface area contributed by atoms with Crippen LogP contribution in [0.2, 0.25) is 5.02 Å². The molecule has 2 aromatic rings. The number of hydrogen-bond acceptors (Lipinski definition) is 3. The summed E-state index contributed by atoms with van der Waals surface area (Å²) in [4.78, 5) is 19.0. The number of pyridine rings is 1. The smallest absolute Gasteiger partial charge is 0.247 e. The lowest BCUT2D eigenvalue weighted by molar-refractivity contribution is -0.131. The van der Waals surface area contributed by atoms with Gasteiger partial charge in [-0.2, -0.15) is 0 Å². The molecule has 4 rings (SSSR count). The van der Waals surface area contributed by atoms with E-state index >= 15 is 0 Å². The van der Waals surface area contributed by atoms with E-state index in [-0.39, 0.29) is 24.1 Å². The maximum atomic E-state index is 12.7. The van der Waals surface area contributed by atoms with Crippen LogP contribution in [-0.4, -0.2) is 34.0 Å². The van der Waals surface area contributed by atoms with Gasteiger partial charge in [0.2, 0.25) is 11.8 Å². The van der Waals surface area contributed by atoms with Crippen molar-refractivity contribution in [2.45, 2.75) is 43.9 Å². The average molecular weight is 369 g/mol. The van der Waals surface area contributed by atoms with Gasteiger partial charge in [-0.3, -0.25) is 4.79 Å². The first-order chi connectivity index (χ1) is 12.7. The first-order valence-electron chi connectivity index (χ1n) is 9.02. The van der Waals surface area contributed by atoms with Crippen LogP contribution in [0.5, 0.6) is 5.88 Å². The van der Waals surface area contributed by atoms with E-state index in [1.165, 1.54) is 0 Å². The molecule has 2 aliphatic heterocycles. The number of nitrogens with zero attached hydrogens (tertiary/aromatic N) is 2. The maximum absolute atomic E-state index is 12.7. The molecule has 3 heterocycles. The van der Waals surface area contributed by atoms with Gasteiger partial charge in [0, 0.05) is 48.3 Å². The zero-order valence-corrected chi connectivity index (χ0v) is 15.2. The minimum atomic E-state index is 0.0868.